The summed E-state index contributed by atoms with van der Waals surface area (Å²) >= 11 is 0. The van der Waals surface area contributed by atoms with Gasteiger partial charge in [-0.3, -0.25) is 14.6 Å². The van der Waals surface area contributed by atoms with E-state index in [0.29, 0.717) is 38.0 Å². The first kappa shape index (κ1) is 18.5. The third-order valence-electron chi connectivity index (χ3n) is 7.30. The Kier molecular flexibility index (Phi) is 3.26. The van der Waals surface area contributed by atoms with E-state index >= 15 is 0 Å². The molecule has 1 N–H and O–H groups in total. The van der Waals surface area contributed by atoms with E-state index in [4.69, 9.17) is 9.97 Å². The monoisotopic (exact) mass is 450 g/mol. The van der Waals surface area contributed by atoms with E-state index in [2.05, 4.69) is 0 Å². The number of phenolic OH excluding ortho intramolecular Hbond substituents is 1. The molecule has 0 radical (unpaired) electrons. The molecule has 0 spiro atoms. The molecule has 2 heterocycles. The third-order valence-corrected chi connectivity index (χ3v) is 7.30. The summed E-state index contributed by atoms with van der Waals surface area (Å²) in [6.07, 6.45) is 1.72. The van der Waals surface area contributed by atoms with Gasteiger partial charge in [0, 0.05) is 48.5 Å². The Balaban J connectivity index is 1.66. The van der Waals surface area contributed by atoms with Crippen molar-refractivity contribution in [3.05, 3.63) is 99.4 Å². The lowest BCUT2D eigenvalue weighted by Gasteiger charge is -2.15. The fourth-order valence-corrected chi connectivity index (χ4v) is 5.74. The maximum atomic E-state index is 13.6. The highest BCUT2D eigenvalue weighted by Gasteiger charge is 2.20. The fraction of sp³-hybridized carbons (Fsp3) is 0. The van der Waals surface area contributed by atoms with Gasteiger partial charge in [0.1, 0.15) is 5.75 Å². The molecule has 162 valence electrons. The minimum atomic E-state index is -0.197. The number of hydrogen-bond donors (Lipinski definition) is 1. The van der Waals surface area contributed by atoms with Crippen molar-refractivity contribution in [2.45, 2.75) is 0 Å². The second kappa shape index (κ2) is 6.15. The van der Waals surface area contributed by atoms with E-state index < -0.39 is 0 Å². The first-order chi connectivity index (χ1) is 17.1. The van der Waals surface area contributed by atoms with Crippen LogP contribution in [0.25, 0.3) is 75.8 Å². The number of rotatable bonds is 0. The summed E-state index contributed by atoms with van der Waals surface area (Å²) < 4.78 is 0. The molecule has 0 aliphatic carbocycles. The molecule has 0 fully saturated rings. The van der Waals surface area contributed by atoms with Gasteiger partial charge in [0.25, 0.3) is 0 Å². The number of pyridine rings is 2. The first-order valence-electron chi connectivity index (χ1n) is 11.3. The maximum Gasteiger partial charge on any atom is 0.196 e. The molecule has 0 aliphatic heterocycles. The predicted octanol–water partition coefficient (Wildman–Crippen LogP) is 5.85. The summed E-state index contributed by atoms with van der Waals surface area (Å²) in [5, 5.41) is 18.4. The number of aromatic nitrogens is 2. The highest BCUT2D eigenvalue weighted by Crippen LogP contribution is 2.44. The Morgan fingerprint density at radius 3 is 1.91 bits per heavy atom. The van der Waals surface area contributed by atoms with Crippen molar-refractivity contribution < 1.29 is 5.11 Å². The zero-order valence-electron chi connectivity index (χ0n) is 18.2. The highest BCUT2D eigenvalue weighted by atomic mass is 16.3. The average Bonchev–Trinajstić information content (AvgIpc) is 2.91. The molecular formula is C30H14N2O3. The van der Waals surface area contributed by atoms with Gasteiger partial charge in [-0.05, 0) is 17.5 Å². The van der Waals surface area contributed by atoms with Crippen molar-refractivity contribution in [3.8, 4) is 5.75 Å². The molecule has 0 bridgehead atoms. The van der Waals surface area contributed by atoms with Crippen LogP contribution in [0.1, 0.15) is 0 Å². The average molecular weight is 450 g/mol. The van der Waals surface area contributed by atoms with Gasteiger partial charge in [-0.25, -0.2) is 4.98 Å². The number of aromatic hydroxyl groups is 1. The molecule has 0 saturated heterocycles. The number of nitrogens with zero attached hydrogens (tertiary/aromatic N) is 2. The Morgan fingerprint density at radius 2 is 1.11 bits per heavy atom. The lowest BCUT2D eigenvalue weighted by atomic mass is 9.92. The van der Waals surface area contributed by atoms with Gasteiger partial charge in [-0.1, -0.05) is 60.7 Å². The molecule has 0 amide bonds. The maximum absolute atomic E-state index is 13.6. The summed E-state index contributed by atoms with van der Waals surface area (Å²) in [5.74, 6) is 0.215. The van der Waals surface area contributed by atoms with Crippen LogP contribution in [0.5, 0.6) is 5.75 Å². The van der Waals surface area contributed by atoms with E-state index in [0.717, 1.165) is 37.8 Å². The summed E-state index contributed by atoms with van der Waals surface area (Å²) in [5.41, 5.74) is 1.55. The van der Waals surface area contributed by atoms with Crippen LogP contribution >= 0.6 is 0 Å². The van der Waals surface area contributed by atoms with E-state index in [1.807, 2.05) is 42.5 Å². The molecule has 5 nitrogen and oxygen atoms in total. The van der Waals surface area contributed by atoms with Crippen LogP contribution in [0.4, 0.5) is 0 Å². The summed E-state index contributed by atoms with van der Waals surface area (Å²) in [7, 11) is 0. The van der Waals surface area contributed by atoms with Crippen LogP contribution in [-0.2, 0) is 0 Å². The van der Waals surface area contributed by atoms with Gasteiger partial charge in [0.15, 0.2) is 10.9 Å². The molecule has 8 rings (SSSR count). The van der Waals surface area contributed by atoms with Crippen LogP contribution in [0, 0.1) is 0 Å². The minimum Gasteiger partial charge on any atom is -0.507 e. The molecule has 0 saturated carbocycles. The van der Waals surface area contributed by atoms with Gasteiger partial charge in [-0.2, -0.15) is 0 Å². The minimum absolute atomic E-state index is 0.168. The molecule has 8 aromatic rings. The first-order valence-corrected chi connectivity index (χ1v) is 11.3. The second-order valence-electron chi connectivity index (χ2n) is 9.00. The van der Waals surface area contributed by atoms with E-state index in [1.54, 1.807) is 36.5 Å². The SMILES string of the molecule is O=c1c2ccccc2c(=O)c2c1ccc1c3ccc4c(O)c5ccccc5c5ncc(nc12)c3c45. The van der Waals surface area contributed by atoms with Crippen LogP contribution in [0.3, 0.4) is 0 Å². The molecule has 35 heavy (non-hydrogen) atoms. The third kappa shape index (κ3) is 2.13. The molecule has 6 aromatic carbocycles. The highest BCUT2D eigenvalue weighted by molar-refractivity contribution is 6.33. The zero-order valence-corrected chi connectivity index (χ0v) is 18.2. The smallest absolute Gasteiger partial charge is 0.196 e. The van der Waals surface area contributed by atoms with Gasteiger partial charge in [0.2, 0.25) is 0 Å². The second-order valence-corrected chi connectivity index (χ2v) is 9.00. The Labute approximate surface area is 196 Å². The number of benzene rings is 6. The van der Waals surface area contributed by atoms with Crippen LogP contribution in [0.2, 0.25) is 0 Å². The normalized spacial score (nSPS) is 12.3. The standard InChI is InChI=1S/C30H14N2O3/c33-28-17-6-2-1-5-15(17)26-24-20(28)11-9-14-16-10-12-21-25(27(16)32-22(13-31-26)23(14)24)30(35)19-8-4-3-7-18(19)29(21)34/h1-13,33H. The van der Waals surface area contributed by atoms with Gasteiger partial charge in [-0.15, -0.1) is 0 Å². The Bertz CT molecular complexity index is 2330. The number of fused-ring (bicyclic) bond motifs is 7. The lowest BCUT2D eigenvalue weighted by molar-refractivity contribution is 0.488. The van der Waals surface area contributed by atoms with Crippen LogP contribution < -0.4 is 10.9 Å². The lowest BCUT2D eigenvalue weighted by Crippen LogP contribution is -2.13. The largest absolute Gasteiger partial charge is 0.507 e. The predicted molar refractivity (Wildman–Crippen MR) is 141 cm³/mol. The van der Waals surface area contributed by atoms with E-state index in [-0.39, 0.29) is 16.6 Å². The van der Waals surface area contributed by atoms with E-state index in [9.17, 15) is 14.7 Å². The summed E-state index contributed by atoms with van der Waals surface area (Å²) in [6, 6.07) is 22.1. The number of hydrogen-bond acceptors (Lipinski definition) is 5. The van der Waals surface area contributed by atoms with Crippen LogP contribution in [-0.4, -0.2) is 15.1 Å². The summed E-state index contributed by atoms with van der Waals surface area (Å²) in [4.78, 5) is 36.4. The van der Waals surface area contributed by atoms with Crippen molar-refractivity contribution in [2.75, 3.05) is 0 Å². The topological polar surface area (TPSA) is 80.2 Å². The fourth-order valence-electron chi connectivity index (χ4n) is 5.74. The zero-order chi connectivity index (χ0) is 23.4. The van der Waals surface area contributed by atoms with Crippen LogP contribution in [0.15, 0.2) is 88.6 Å². The Hall–Kier alpha value is -4.90. The summed E-state index contributed by atoms with van der Waals surface area (Å²) in [6.45, 7) is 0. The quantitative estimate of drug-likeness (QED) is 0.232. The van der Waals surface area contributed by atoms with Gasteiger partial charge >= 0.3 is 0 Å². The molecule has 2 aromatic heterocycles. The molecule has 0 aliphatic rings. The Morgan fingerprint density at radius 1 is 0.514 bits per heavy atom. The molecular weight excluding hydrogens is 436 g/mol. The van der Waals surface area contributed by atoms with Crippen molar-refractivity contribution >= 4 is 75.8 Å². The molecule has 0 unspecified atom stereocenters. The van der Waals surface area contributed by atoms with E-state index in [1.165, 1.54) is 0 Å². The number of phenols is 1. The van der Waals surface area contributed by atoms with Gasteiger partial charge in [0.05, 0.1) is 28.1 Å². The van der Waals surface area contributed by atoms with Crippen molar-refractivity contribution in [3.63, 3.8) is 0 Å². The van der Waals surface area contributed by atoms with Crippen molar-refractivity contribution in [1.29, 1.82) is 0 Å². The van der Waals surface area contributed by atoms with Gasteiger partial charge < -0.3 is 5.11 Å². The molecule has 5 heteroatoms. The molecule has 0 atom stereocenters. The van der Waals surface area contributed by atoms with Crippen molar-refractivity contribution in [1.82, 2.24) is 9.97 Å². The van der Waals surface area contributed by atoms with Crippen molar-refractivity contribution in [2.24, 2.45) is 0 Å².